The Labute approximate surface area is 221 Å². The summed E-state index contributed by atoms with van der Waals surface area (Å²) in [4.78, 5) is 24.8. The van der Waals surface area contributed by atoms with E-state index in [1.54, 1.807) is 18.3 Å². The lowest BCUT2D eigenvalue weighted by Gasteiger charge is -2.31. The number of rotatable bonds is 8. The molecule has 1 aromatic carbocycles. The van der Waals surface area contributed by atoms with Crippen molar-refractivity contribution in [2.24, 2.45) is 11.8 Å². The van der Waals surface area contributed by atoms with Gasteiger partial charge in [0.25, 0.3) is 0 Å². The Morgan fingerprint density at radius 1 is 1.08 bits per heavy atom. The van der Waals surface area contributed by atoms with Crippen LogP contribution in [0.15, 0.2) is 30.5 Å². The van der Waals surface area contributed by atoms with E-state index in [1.807, 2.05) is 12.1 Å². The fraction of sp³-hybridized carbons (Fsp3) is 0.444. The molecule has 0 atom stereocenters. The summed E-state index contributed by atoms with van der Waals surface area (Å²) in [5, 5.41) is 10.3. The van der Waals surface area contributed by atoms with Crippen LogP contribution in [-0.4, -0.2) is 52.4 Å². The number of pyridine rings is 2. The van der Waals surface area contributed by atoms with Crippen molar-refractivity contribution in [3.05, 3.63) is 46.1 Å². The van der Waals surface area contributed by atoms with Crippen LogP contribution in [0, 0.1) is 11.8 Å². The molecule has 7 nitrogen and oxygen atoms in total. The number of hydrogen-bond donors (Lipinski definition) is 3. The predicted molar refractivity (Wildman–Crippen MR) is 145 cm³/mol. The topological polar surface area (TPSA) is 90.4 Å². The minimum absolute atomic E-state index is 0.0594. The van der Waals surface area contributed by atoms with Crippen LogP contribution in [0.4, 0.5) is 5.69 Å². The zero-order valence-electron chi connectivity index (χ0n) is 20.5. The van der Waals surface area contributed by atoms with Crippen LogP contribution in [0.2, 0.25) is 10.0 Å². The number of hydrazine groups is 1. The van der Waals surface area contributed by atoms with E-state index in [2.05, 4.69) is 34.8 Å². The molecule has 0 aliphatic heterocycles. The molecular weight excluding hydrogens is 497 g/mol. The first-order chi connectivity index (χ1) is 17.3. The summed E-state index contributed by atoms with van der Waals surface area (Å²) in [6.07, 6.45) is 7.99. The molecule has 2 aromatic heterocycles. The highest BCUT2D eigenvalue weighted by molar-refractivity contribution is 6.37. The Kier molecular flexibility index (Phi) is 7.35. The molecule has 2 saturated carbocycles. The SMILES string of the molecule is CN(C)C[C@H]1CC[C@H](NNc2c(C(=O)C3CC3)cnc3ccc(-c4cc(Cl)c(O)c(Cl)c4)nc23)CC1. The number of hydrogen-bond acceptors (Lipinski definition) is 7. The van der Waals surface area contributed by atoms with Crippen LogP contribution < -0.4 is 10.9 Å². The van der Waals surface area contributed by atoms with Gasteiger partial charge in [-0.25, -0.2) is 10.4 Å². The highest BCUT2D eigenvalue weighted by atomic mass is 35.5. The number of nitrogens with one attached hydrogen (secondary N) is 2. The van der Waals surface area contributed by atoms with Gasteiger partial charge in [-0.2, -0.15) is 0 Å². The Hall–Kier alpha value is -2.45. The number of halogens is 2. The van der Waals surface area contributed by atoms with E-state index in [0.717, 1.165) is 38.1 Å². The van der Waals surface area contributed by atoms with Gasteiger partial charge in [-0.3, -0.25) is 9.78 Å². The van der Waals surface area contributed by atoms with Crippen LogP contribution in [-0.2, 0) is 0 Å². The lowest BCUT2D eigenvalue weighted by atomic mass is 9.86. The molecule has 9 heteroatoms. The number of phenolic OH excluding ortho intramolecular Hbond substituents is 1. The monoisotopic (exact) mass is 527 g/mol. The van der Waals surface area contributed by atoms with Gasteiger partial charge in [0, 0.05) is 30.3 Å². The second-order valence-corrected chi connectivity index (χ2v) is 11.1. The molecular formula is C27H31Cl2N5O2. The van der Waals surface area contributed by atoms with Crippen LogP contribution in [0.1, 0.15) is 48.9 Å². The van der Waals surface area contributed by atoms with Crippen molar-refractivity contribution in [2.75, 3.05) is 26.1 Å². The van der Waals surface area contributed by atoms with Crippen LogP contribution >= 0.6 is 23.2 Å². The predicted octanol–water partition coefficient (Wildman–Crippen LogP) is 5.94. The van der Waals surface area contributed by atoms with Crippen molar-refractivity contribution in [2.45, 2.75) is 44.6 Å². The van der Waals surface area contributed by atoms with E-state index < -0.39 is 0 Å². The lowest BCUT2D eigenvalue weighted by molar-refractivity contribution is 0.0968. The van der Waals surface area contributed by atoms with E-state index in [4.69, 9.17) is 28.2 Å². The molecule has 0 amide bonds. The quantitative estimate of drug-likeness (QED) is 0.246. The molecule has 2 heterocycles. The first-order valence-corrected chi connectivity index (χ1v) is 13.2. The van der Waals surface area contributed by atoms with Crippen LogP contribution in [0.5, 0.6) is 5.75 Å². The zero-order valence-corrected chi connectivity index (χ0v) is 22.0. The molecule has 190 valence electrons. The second kappa shape index (κ2) is 10.5. The van der Waals surface area contributed by atoms with Gasteiger partial charge in [0.05, 0.1) is 32.5 Å². The number of carbonyl (C=O) groups is 1. The van der Waals surface area contributed by atoms with Crippen molar-refractivity contribution in [3.63, 3.8) is 0 Å². The average molecular weight is 528 g/mol. The molecule has 0 spiro atoms. The molecule has 0 bridgehead atoms. The number of ketones is 1. The van der Waals surface area contributed by atoms with Crippen molar-refractivity contribution in [3.8, 4) is 17.0 Å². The normalized spacial score (nSPS) is 20.1. The molecule has 2 aliphatic rings. The number of aromatic hydroxyl groups is 1. The maximum absolute atomic E-state index is 13.1. The maximum atomic E-state index is 13.1. The van der Waals surface area contributed by atoms with Gasteiger partial charge in [0.15, 0.2) is 11.5 Å². The Morgan fingerprint density at radius 2 is 1.78 bits per heavy atom. The molecule has 3 N–H and O–H groups in total. The van der Waals surface area contributed by atoms with E-state index in [1.165, 1.54) is 12.8 Å². The summed E-state index contributed by atoms with van der Waals surface area (Å²) in [7, 11) is 4.25. The Bertz CT molecular complexity index is 1260. The average Bonchev–Trinajstić information content (AvgIpc) is 3.71. The third kappa shape index (κ3) is 5.44. The summed E-state index contributed by atoms with van der Waals surface area (Å²) in [6.45, 7) is 1.12. The van der Waals surface area contributed by atoms with Crippen molar-refractivity contribution in [1.29, 1.82) is 0 Å². The van der Waals surface area contributed by atoms with Crippen LogP contribution in [0.3, 0.4) is 0 Å². The van der Waals surface area contributed by atoms with Crippen molar-refractivity contribution >= 4 is 45.7 Å². The van der Waals surface area contributed by atoms with E-state index in [-0.39, 0.29) is 27.5 Å². The molecule has 2 fully saturated rings. The molecule has 0 saturated heterocycles. The summed E-state index contributed by atoms with van der Waals surface area (Å²) < 4.78 is 0. The summed E-state index contributed by atoms with van der Waals surface area (Å²) in [5.74, 6) is 0.726. The molecule has 5 rings (SSSR count). The number of Topliss-reactive ketones (excluding diaryl/α,β-unsaturated/α-hetero) is 1. The smallest absolute Gasteiger partial charge is 0.169 e. The molecule has 36 heavy (non-hydrogen) atoms. The Balaban J connectivity index is 1.46. The Morgan fingerprint density at radius 3 is 2.42 bits per heavy atom. The summed E-state index contributed by atoms with van der Waals surface area (Å²) >= 11 is 12.3. The minimum Gasteiger partial charge on any atom is -0.505 e. The first kappa shape index (κ1) is 25.2. The number of anilines is 1. The first-order valence-electron chi connectivity index (χ1n) is 12.5. The highest BCUT2D eigenvalue weighted by Crippen LogP contribution is 2.38. The van der Waals surface area contributed by atoms with Crippen molar-refractivity contribution in [1.82, 2.24) is 20.3 Å². The largest absolute Gasteiger partial charge is 0.505 e. The summed E-state index contributed by atoms with van der Waals surface area (Å²) in [5.41, 5.74) is 10.7. The van der Waals surface area contributed by atoms with E-state index >= 15 is 0 Å². The zero-order chi connectivity index (χ0) is 25.4. The molecule has 0 unspecified atom stereocenters. The van der Waals surface area contributed by atoms with Gasteiger partial charge < -0.3 is 15.4 Å². The maximum Gasteiger partial charge on any atom is 0.169 e. The lowest BCUT2D eigenvalue weighted by Crippen LogP contribution is -2.39. The van der Waals surface area contributed by atoms with Crippen molar-refractivity contribution < 1.29 is 9.90 Å². The fourth-order valence-electron chi connectivity index (χ4n) is 5.00. The second-order valence-electron chi connectivity index (χ2n) is 10.3. The van der Waals surface area contributed by atoms with Crippen LogP contribution in [0.25, 0.3) is 22.3 Å². The highest BCUT2D eigenvalue weighted by Gasteiger charge is 2.33. The number of fused-ring (bicyclic) bond motifs is 1. The number of phenols is 1. The van der Waals surface area contributed by atoms with Gasteiger partial charge in [-0.05, 0) is 82.8 Å². The number of nitrogens with zero attached hydrogens (tertiary/aromatic N) is 3. The fourth-order valence-corrected chi connectivity index (χ4v) is 5.49. The minimum atomic E-state index is -0.159. The number of benzene rings is 1. The third-order valence-electron chi connectivity index (χ3n) is 7.11. The van der Waals surface area contributed by atoms with Gasteiger partial charge in [0.2, 0.25) is 0 Å². The molecule has 2 aliphatic carbocycles. The van der Waals surface area contributed by atoms with Gasteiger partial charge in [-0.15, -0.1) is 0 Å². The number of aromatic nitrogens is 2. The summed E-state index contributed by atoms with van der Waals surface area (Å²) in [6, 6.07) is 7.27. The standard InChI is InChI=1S/C27H31Cl2N5O2/c1-34(2)14-15-3-7-18(8-4-15)32-33-24-19(26(35)16-5-6-16)13-30-23-10-9-22(31-25(23)24)17-11-20(28)27(36)21(29)12-17/h9-13,15-16,18,32,36H,3-8,14H2,1-2H3,(H,30,33)/t15-,18-. The third-order valence-corrected chi connectivity index (χ3v) is 7.69. The van der Waals surface area contributed by atoms with Gasteiger partial charge in [0.1, 0.15) is 5.52 Å². The van der Waals surface area contributed by atoms with Gasteiger partial charge >= 0.3 is 0 Å². The number of carbonyl (C=O) groups excluding carboxylic acids is 1. The molecule has 3 aromatic rings. The molecule has 0 radical (unpaired) electrons. The van der Waals surface area contributed by atoms with Gasteiger partial charge in [-0.1, -0.05) is 23.2 Å². The van der Waals surface area contributed by atoms with E-state index in [9.17, 15) is 9.90 Å². The van der Waals surface area contributed by atoms with E-state index in [0.29, 0.717) is 39.6 Å².